The average molecular weight is 453 g/mol. The molecule has 2 heterocycles. The normalized spacial score (nSPS) is 18.8. The molecule has 4 nitrogen and oxygen atoms in total. The van der Waals surface area contributed by atoms with Crippen LogP contribution in [0.5, 0.6) is 0 Å². The number of hydrogen-bond acceptors (Lipinski definition) is 3. The summed E-state index contributed by atoms with van der Waals surface area (Å²) >= 11 is 0. The molecule has 4 aromatic carbocycles. The van der Waals surface area contributed by atoms with Crippen LogP contribution < -0.4 is 9.62 Å². The van der Waals surface area contributed by atoms with Gasteiger partial charge in [-0.1, -0.05) is 78.4 Å². The van der Waals surface area contributed by atoms with Gasteiger partial charge in [0, 0.05) is 5.69 Å². The molecule has 0 aliphatic carbocycles. The summed E-state index contributed by atoms with van der Waals surface area (Å²) in [4.78, 5) is 0.299. The van der Waals surface area contributed by atoms with Crippen molar-refractivity contribution in [1.29, 1.82) is 0 Å². The summed E-state index contributed by atoms with van der Waals surface area (Å²) in [5, 5.41) is 3.57. The predicted molar refractivity (Wildman–Crippen MR) is 132 cm³/mol. The fourth-order valence-electron chi connectivity index (χ4n) is 5.18. The third kappa shape index (κ3) is 3.15. The van der Waals surface area contributed by atoms with Crippen molar-refractivity contribution in [3.05, 3.63) is 125 Å². The molecule has 0 fully saturated rings. The van der Waals surface area contributed by atoms with E-state index in [0.717, 1.165) is 28.1 Å². The molecule has 33 heavy (non-hydrogen) atoms. The maximum absolute atomic E-state index is 14.2. The molecule has 0 aromatic heterocycles. The number of nitrogens with zero attached hydrogens (tertiary/aromatic N) is 1. The summed E-state index contributed by atoms with van der Waals surface area (Å²) in [6.45, 7) is 1.96. The first kappa shape index (κ1) is 20.1. The van der Waals surface area contributed by atoms with E-state index in [1.165, 1.54) is 11.1 Å². The van der Waals surface area contributed by atoms with Crippen molar-refractivity contribution < 1.29 is 8.42 Å². The number of sulfonamides is 1. The van der Waals surface area contributed by atoms with Gasteiger partial charge in [-0.05, 0) is 59.9 Å². The van der Waals surface area contributed by atoms with Crippen LogP contribution in [0.3, 0.4) is 0 Å². The lowest BCUT2D eigenvalue weighted by Crippen LogP contribution is -2.47. The topological polar surface area (TPSA) is 49.4 Å². The highest BCUT2D eigenvalue weighted by Gasteiger charge is 2.44. The van der Waals surface area contributed by atoms with Gasteiger partial charge in [-0.25, -0.2) is 12.7 Å². The maximum atomic E-state index is 14.2. The minimum atomic E-state index is -3.84. The van der Waals surface area contributed by atoms with E-state index in [9.17, 15) is 8.42 Å². The zero-order valence-electron chi connectivity index (χ0n) is 18.3. The zero-order chi connectivity index (χ0) is 22.6. The SMILES string of the molecule is Cc1ccc(S(=O)(=O)N2c3ccccc3Cc3ccccc3C3c4ccccc4NC32)cc1. The predicted octanol–water partition coefficient (Wildman–Crippen LogP) is 5.68. The molecular weight excluding hydrogens is 428 g/mol. The number of hydrogen-bond donors (Lipinski definition) is 1. The first-order valence-corrected chi connectivity index (χ1v) is 12.6. The van der Waals surface area contributed by atoms with E-state index < -0.39 is 16.2 Å². The van der Waals surface area contributed by atoms with Gasteiger partial charge in [0.1, 0.15) is 6.17 Å². The number of aryl methyl sites for hydroxylation is 1. The lowest BCUT2D eigenvalue weighted by molar-refractivity contribution is 0.574. The van der Waals surface area contributed by atoms with Crippen molar-refractivity contribution in [2.75, 3.05) is 9.62 Å². The Hall–Kier alpha value is -3.57. The third-order valence-electron chi connectivity index (χ3n) is 6.75. The second kappa shape index (κ2) is 7.49. The van der Waals surface area contributed by atoms with Crippen LogP contribution in [0.4, 0.5) is 11.4 Å². The Balaban J connectivity index is 1.64. The van der Waals surface area contributed by atoms with Gasteiger partial charge in [-0.15, -0.1) is 0 Å². The highest BCUT2D eigenvalue weighted by atomic mass is 32.2. The molecule has 2 atom stereocenters. The molecule has 1 N–H and O–H groups in total. The Bertz CT molecular complexity index is 1460. The molecule has 0 saturated carbocycles. The highest BCUT2D eigenvalue weighted by molar-refractivity contribution is 7.92. The van der Waals surface area contributed by atoms with Crippen LogP contribution in [0.2, 0.25) is 0 Å². The van der Waals surface area contributed by atoms with Crippen LogP contribution in [0.15, 0.2) is 102 Å². The molecule has 0 saturated heterocycles. The molecule has 2 unspecified atom stereocenters. The van der Waals surface area contributed by atoms with E-state index >= 15 is 0 Å². The highest BCUT2D eigenvalue weighted by Crippen LogP contribution is 2.47. The summed E-state index contributed by atoms with van der Waals surface area (Å²) in [6.07, 6.45) is 0.203. The summed E-state index contributed by atoms with van der Waals surface area (Å²) in [5.41, 5.74) is 7.24. The maximum Gasteiger partial charge on any atom is 0.266 e. The first-order chi connectivity index (χ1) is 16.0. The molecule has 2 aliphatic heterocycles. The van der Waals surface area contributed by atoms with Crippen molar-refractivity contribution >= 4 is 21.4 Å². The summed E-state index contributed by atoms with van der Waals surface area (Å²) in [7, 11) is -3.84. The van der Waals surface area contributed by atoms with Crippen LogP contribution in [0, 0.1) is 6.92 Å². The van der Waals surface area contributed by atoms with Gasteiger partial charge in [-0.2, -0.15) is 0 Å². The third-order valence-corrected chi connectivity index (χ3v) is 8.56. The molecule has 0 bridgehead atoms. The lowest BCUT2D eigenvalue weighted by Gasteiger charge is -2.38. The Morgan fingerprint density at radius 2 is 1.39 bits per heavy atom. The summed E-state index contributed by atoms with van der Waals surface area (Å²) in [6, 6.07) is 31.5. The van der Waals surface area contributed by atoms with Crippen LogP contribution in [0.1, 0.15) is 33.7 Å². The van der Waals surface area contributed by atoms with Crippen LogP contribution in [-0.4, -0.2) is 14.6 Å². The average Bonchev–Trinajstić information content (AvgIpc) is 3.18. The van der Waals surface area contributed by atoms with Crippen molar-refractivity contribution in [3.63, 3.8) is 0 Å². The second-order valence-electron chi connectivity index (χ2n) is 8.77. The molecule has 6 rings (SSSR count). The monoisotopic (exact) mass is 452 g/mol. The number of rotatable bonds is 2. The Labute approximate surface area is 194 Å². The molecule has 0 spiro atoms. The van der Waals surface area contributed by atoms with Gasteiger partial charge in [-0.3, -0.25) is 0 Å². The molecule has 164 valence electrons. The Morgan fingerprint density at radius 1 is 0.758 bits per heavy atom. The van der Waals surface area contributed by atoms with Crippen molar-refractivity contribution in [3.8, 4) is 0 Å². The van der Waals surface area contributed by atoms with Crippen LogP contribution >= 0.6 is 0 Å². The Kier molecular flexibility index (Phi) is 4.56. The number of nitrogens with one attached hydrogen (secondary N) is 1. The standard InChI is InChI=1S/C28H24N2O2S/c1-19-14-16-22(17-15-19)33(31,32)30-26-13-7-3-9-21(26)18-20-8-2-4-10-23(20)27-24-11-5-6-12-25(24)29-28(27)30/h2-17,27-29H,18H2,1H3. The van der Waals surface area contributed by atoms with Gasteiger partial charge in [0.15, 0.2) is 0 Å². The molecular formula is C28H24N2O2S. The largest absolute Gasteiger partial charge is 0.363 e. The summed E-state index contributed by atoms with van der Waals surface area (Å²) in [5.74, 6) is -0.119. The van der Waals surface area contributed by atoms with E-state index in [2.05, 4.69) is 29.6 Å². The summed E-state index contributed by atoms with van der Waals surface area (Å²) < 4.78 is 30.1. The van der Waals surface area contributed by atoms with E-state index in [4.69, 9.17) is 0 Å². The van der Waals surface area contributed by atoms with E-state index in [-0.39, 0.29) is 5.92 Å². The fourth-order valence-corrected chi connectivity index (χ4v) is 6.79. The van der Waals surface area contributed by atoms with Crippen molar-refractivity contribution in [1.82, 2.24) is 0 Å². The lowest BCUT2D eigenvalue weighted by atomic mass is 9.84. The van der Waals surface area contributed by atoms with Gasteiger partial charge in [0.2, 0.25) is 0 Å². The first-order valence-electron chi connectivity index (χ1n) is 11.2. The minimum Gasteiger partial charge on any atom is -0.363 e. The number of fused-ring (bicyclic) bond motifs is 6. The number of anilines is 2. The Morgan fingerprint density at radius 3 is 2.18 bits per heavy atom. The van der Waals surface area contributed by atoms with Gasteiger partial charge in [0.05, 0.1) is 16.5 Å². The number of para-hydroxylation sites is 2. The van der Waals surface area contributed by atoms with Gasteiger partial charge < -0.3 is 5.32 Å². The minimum absolute atomic E-state index is 0.119. The van der Waals surface area contributed by atoms with Crippen molar-refractivity contribution in [2.24, 2.45) is 0 Å². The van der Waals surface area contributed by atoms with E-state index in [0.29, 0.717) is 11.3 Å². The van der Waals surface area contributed by atoms with Crippen LogP contribution in [0.25, 0.3) is 0 Å². The zero-order valence-corrected chi connectivity index (χ0v) is 19.1. The van der Waals surface area contributed by atoms with E-state index in [1.54, 1.807) is 16.4 Å². The van der Waals surface area contributed by atoms with Crippen LogP contribution in [-0.2, 0) is 16.4 Å². The van der Waals surface area contributed by atoms with E-state index in [1.807, 2.05) is 67.6 Å². The molecule has 5 heteroatoms. The molecule has 0 radical (unpaired) electrons. The smallest absolute Gasteiger partial charge is 0.266 e. The fraction of sp³-hybridized carbons (Fsp3) is 0.143. The molecule has 4 aromatic rings. The molecule has 2 aliphatic rings. The van der Waals surface area contributed by atoms with Gasteiger partial charge >= 0.3 is 0 Å². The van der Waals surface area contributed by atoms with Gasteiger partial charge in [0.25, 0.3) is 10.0 Å². The number of benzene rings is 4. The second-order valence-corrected chi connectivity index (χ2v) is 10.6. The van der Waals surface area contributed by atoms with Crippen molar-refractivity contribution in [2.45, 2.75) is 30.3 Å². The quantitative estimate of drug-likeness (QED) is 0.426. The molecule has 0 amide bonds.